The summed E-state index contributed by atoms with van der Waals surface area (Å²) in [5.74, 6) is -1.23. The first-order valence-electron chi connectivity index (χ1n) is 5.34. The van der Waals surface area contributed by atoms with Crippen LogP contribution >= 0.6 is 0 Å². The number of hydrogen-bond donors (Lipinski definition) is 3. The van der Waals surface area contributed by atoms with Gasteiger partial charge in [-0.1, -0.05) is 0 Å². The molecule has 0 aromatic heterocycles. The second-order valence-electron chi connectivity index (χ2n) is 4.00. The van der Waals surface area contributed by atoms with E-state index in [1.807, 2.05) is 0 Å². The van der Waals surface area contributed by atoms with Crippen LogP contribution in [0.2, 0.25) is 0 Å². The Bertz CT molecular complexity index is 391. The third-order valence-corrected chi connectivity index (χ3v) is 5.46. The Morgan fingerprint density at radius 3 is 1.05 bits per heavy atom. The predicted molar refractivity (Wildman–Crippen MR) is 74.6 cm³/mol. The topological polar surface area (TPSA) is 87.3 Å². The Labute approximate surface area is 121 Å². The van der Waals surface area contributed by atoms with Crippen molar-refractivity contribution in [2.75, 3.05) is 0 Å². The molecule has 6 nitrogen and oxygen atoms in total. The van der Waals surface area contributed by atoms with Crippen molar-refractivity contribution in [2.45, 2.75) is 20.8 Å². The molecule has 0 radical (unpaired) electrons. The zero-order chi connectivity index (χ0) is 15.2. The molecule has 0 saturated carbocycles. The number of carbonyl (C=O) groups is 3. The van der Waals surface area contributed by atoms with Gasteiger partial charge in [0.15, 0.2) is 0 Å². The molecule has 3 N–H and O–H groups in total. The normalized spacial score (nSPS) is 9.47. The molecule has 0 unspecified atom stereocenters. The van der Waals surface area contributed by atoms with Gasteiger partial charge >= 0.3 is 121 Å². The first kappa shape index (κ1) is 17.4. The summed E-state index contributed by atoms with van der Waals surface area (Å²) in [6.45, 7) is 15.1. The van der Waals surface area contributed by atoms with E-state index in [9.17, 15) is 14.4 Å². The van der Waals surface area contributed by atoms with Gasteiger partial charge in [-0.2, -0.15) is 0 Å². The molecule has 0 heterocycles. The van der Waals surface area contributed by atoms with E-state index < -0.39 is 38.8 Å². The molecule has 0 aromatic rings. The first-order valence-corrected chi connectivity index (χ1v) is 9.17. The van der Waals surface area contributed by atoms with Crippen LogP contribution in [0, 0.1) is 0 Å². The van der Waals surface area contributed by atoms with Gasteiger partial charge in [-0.15, -0.1) is 0 Å². The standard InChI is InChI=1S/3C4H7NO.Sb/c3*1-3(2)4(5)6;/h3*1H2,2H3,(H2,5,6);/q;;;+3/p-3. The van der Waals surface area contributed by atoms with Crippen molar-refractivity contribution in [3.63, 3.8) is 0 Å². The molecule has 104 valence electrons. The summed E-state index contributed by atoms with van der Waals surface area (Å²) >= 11 is -3.04. The van der Waals surface area contributed by atoms with Crippen LogP contribution in [-0.2, 0) is 14.4 Å². The number of carbonyl (C=O) groups excluding carboxylic acids is 3. The van der Waals surface area contributed by atoms with Gasteiger partial charge in [0.25, 0.3) is 0 Å². The molecular weight excluding hydrogens is 356 g/mol. The summed E-state index contributed by atoms with van der Waals surface area (Å²) < 4.78 is 7.76. The molecule has 0 atom stereocenters. The Morgan fingerprint density at radius 2 is 0.895 bits per heavy atom. The van der Waals surface area contributed by atoms with Gasteiger partial charge in [0.2, 0.25) is 0 Å². The Balaban J connectivity index is 4.82. The maximum absolute atomic E-state index is 11.5. The van der Waals surface area contributed by atoms with Crippen molar-refractivity contribution in [2.24, 2.45) is 0 Å². The summed E-state index contributed by atoms with van der Waals surface area (Å²) in [6.07, 6.45) is 0. The van der Waals surface area contributed by atoms with E-state index in [0.717, 1.165) is 0 Å². The Morgan fingerprint density at radius 1 is 0.684 bits per heavy atom. The molecule has 0 aliphatic rings. The third-order valence-electron chi connectivity index (χ3n) is 1.80. The molecule has 0 rings (SSSR count). The van der Waals surface area contributed by atoms with Crippen molar-refractivity contribution in [3.8, 4) is 0 Å². The van der Waals surface area contributed by atoms with Gasteiger partial charge in [-0.25, -0.2) is 0 Å². The SMILES string of the molecule is C=C(C)C(=O)[NH][Sb]([NH]C(=O)C(=C)C)[NH]C(=O)C(=C)C. The maximum atomic E-state index is 11.5. The van der Waals surface area contributed by atoms with Crippen LogP contribution in [0.1, 0.15) is 20.8 Å². The molecule has 19 heavy (non-hydrogen) atoms. The van der Waals surface area contributed by atoms with Gasteiger partial charge in [0.1, 0.15) is 0 Å². The van der Waals surface area contributed by atoms with Crippen molar-refractivity contribution < 1.29 is 14.4 Å². The van der Waals surface area contributed by atoms with E-state index in [1.54, 1.807) is 0 Å². The molecule has 0 spiro atoms. The van der Waals surface area contributed by atoms with E-state index in [-0.39, 0.29) is 0 Å². The summed E-state index contributed by atoms with van der Waals surface area (Å²) in [7, 11) is 0. The molecule has 0 aliphatic carbocycles. The summed E-state index contributed by atoms with van der Waals surface area (Å²) in [4.78, 5) is 34.6. The predicted octanol–water partition coefficient (Wildman–Crippen LogP) is 0.0482. The number of hydrogen-bond acceptors (Lipinski definition) is 3. The van der Waals surface area contributed by atoms with E-state index in [1.165, 1.54) is 20.8 Å². The molecule has 0 aliphatic heterocycles. The average molecular weight is 374 g/mol. The zero-order valence-corrected chi connectivity index (χ0v) is 13.8. The van der Waals surface area contributed by atoms with Gasteiger partial charge in [0, 0.05) is 0 Å². The zero-order valence-electron chi connectivity index (χ0n) is 11.3. The summed E-state index contributed by atoms with van der Waals surface area (Å²) in [6, 6.07) is 0. The fourth-order valence-corrected chi connectivity index (χ4v) is 4.53. The number of amides is 3. The van der Waals surface area contributed by atoms with Crippen LogP contribution in [0.15, 0.2) is 36.5 Å². The third kappa shape index (κ3) is 6.81. The molecule has 0 bridgehead atoms. The molecule has 0 aromatic carbocycles. The van der Waals surface area contributed by atoms with Gasteiger partial charge < -0.3 is 0 Å². The van der Waals surface area contributed by atoms with Crippen molar-refractivity contribution in [1.29, 1.82) is 0 Å². The Kier molecular flexibility index (Phi) is 7.15. The van der Waals surface area contributed by atoms with E-state index in [4.69, 9.17) is 0 Å². The molecule has 3 amide bonds. The van der Waals surface area contributed by atoms with E-state index in [2.05, 4.69) is 30.2 Å². The van der Waals surface area contributed by atoms with Crippen LogP contribution in [0.4, 0.5) is 0 Å². The number of rotatable bonds is 6. The minimum atomic E-state index is -3.04. The fourth-order valence-electron chi connectivity index (χ4n) is 0.675. The minimum absolute atomic E-state index is 0.295. The van der Waals surface area contributed by atoms with Crippen molar-refractivity contribution >= 4 is 38.8 Å². The first-order chi connectivity index (χ1) is 8.65. The quantitative estimate of drug-likeness (QED) is 0.454. The van der Waals surface area contributed by atoms with Crippen LogP contribution < -0.4 is 10.4 Å². The van der Waals surface area contributed by atoms with Gasteiger partial charge in [-0.05, 0) is 0 Å². The fraction of sp³-hybridized carbons (Fsp3) is 0.250. The Hall–Kier alpha value is -1.55. The van der Waals surface area contributed by atoms with Gasteiger partial charge in [0.05, 0.1) is 0 Å². The average Bonchev–Trinajstić information content (AvgIpc) is 2.27. The second-order valence-corrected chi connectivity index (χ2v) is 7.83. The van der Waals surface area contributed by atoms with Crippen LogP contribution in [0.25, 0.3) is 0 Å². The number of nitrogens with one attached hydrogen (secondary N) is 3. The van der Waals surface area contributed by atoms with Crippen LogP contribution in [0.3, 0.4) is 0 Å². The molecule has 7 heteroatoms. The molecular formula is C12H18N3O3Sb. The van der Waals surface area contributed by atoms with Crippen molar-refractivity contribution in [1.82, 2.24) is 10.4 Å². The molecule has 0 saturated heterocycles. The van der Waals surface area contributed by atoms with E-state index >= 15 is 0 Å². The monoisotopic (exact) mass is 373 g/mol. The van der Waals surface area contributed by atoms with Crippen molar-refractivity contribution in [3.05, 3.63) is 36.5 Å². The summed E-state index contributed by atoms with van der Waals surface area (Å²) in [5.41, 5.74) is 0.885. The van der Waals surface area contributed by atoms with Crippen LogP contribution in [-0.4, -0.2) is 38.8 Å². The van der Waals surface area contributed by atoms with Crippen LogP contribution in [0.5, 0.6) is 0 Å². The van der Waals surface area contributed by atoms with E-state index in [0.29, 0.717) is 16.7 Å². The second kappa shape index (κ2) is 7.79. The molecule has 0 fully saturated rings. The summed E-state index contributed by atoms with van der Waals surface area (Å²) in [5, 5.41) is 0. The van der Waals surface area contributed by atoms with Gasteiger partial charge in [-0.3, -0.25) is 0 Å².